The van der Waals surface area contributed by atoms with Crippen LogP contribution in [0.4, 0.5) is 15.8 Å². The topological polar surface area (TPSA) is 68.1 Å². The van der Waals surface area contributed by atoms with E-state index >= 15 is 0 Å². The summed E-state index contributed by atoms with van der Waals surface area (Å²) in [5.74, 6) is -0.520. The van der Waals surface area contributed by atoms with Crippen molar-refractivity contribution in [3.8, 4) is 0 Å². The molecule has 0 fully saturated rings. The van der Waals surface area contributed by atoms with Crippen molar-refractivity contribution in [2.24, 2.45) is 0 Å². The monoisotopic (exact) mass is 267 g/mol. The number of nitrogens with zero attached hydrogens (tertiary/aromatic N) is 2. The molecule has 0 spiro atoms. The second kappa shape index (κ2) is 5.09. The first-order valence-electron chi connectivity index (χ1n) is 5.15. The van der Waals surface area contributed by atoms with Crippen molar-refractivity contribution in [1.29, 1.82) is 0 Å². The lowest BCUT2D eigenvalue weighted by atomic mass is 10.2. The molecule has 0 saturated heterocycles. The first-order valence-corrected chi connectivity index (χ1v) is 6.03. The van der Waals surface area contributed by atoms with E-state index in [0.717, 1.165) is 22.8 Å². The summed E-state index contributed by atoms with van der Waals surface area (Å²) in [6.07, 6.45) is 0. The Bertz CT molecular complexity index is 585. The zero-order chi connectivity index (χ0) is 13.1. The van der Waals surface area contributed by atoms with Crippen LogP contribution in [0, 0.1) is 22.9 Å². The van der Waals surface area contributed by atoms with Gasteiger partial charge in [-0.15, -0.1) is 11.3 Å². The highest BCUT2D eigenvalue weighted by Gasteiger charge is 2.10. The van der Waals surface area contributed by atoms with E-state index in [0.29, 0.717) is 6.54 Å². The fourth-order valence-corrected chi connectivity index (χ4v) is 2.13. The lowest BCUT2D eigenvalue weighted by molar-refractivity contribution is -0.384. The van der Waals surface area contributed by atoms with Crippen molar-refractivity contribution < 1.29 is 9.31 Å². The van der Waals surface area contributed by atoms with Crippen molar-refractivity contribution in [2.45, 2.75) is 13.5 Å². The molecule has 7 heteroatoms. The van der Waals surface area contributed by atoms with Crippen molar-refractivity contribution in [2.75, 3.05) is 5.32 Å². The quantitative estimate of drug-likeness (QED) is 0.682. The van der Waals surface area contributed by atoms with Crippen LogP contribution in [0.15, 0.2) is 23.6 Å². The minimum atomic E-state index is -0.557. The molecule has 0 amide bonds. The molecule has 94 valence electrons. The first kappa shape index (κ1) is 12.4. The first-order chi connectivity index (χ1) is 8.56. The molecule has 0 atom stereocenters. The van der Waals surface area contributed by atoms with E-state index in [9.17, 15) is 14.5 Å². The van der Waals surface area contributed by atoms with Gasteiger partial charge in [0.1, 0.15) is 10.8 Å². The van der Waals surface area contributed by atoms with E-state index in [1.807, 2.05) is 12.3 Å². The number of aromatic nitrogens is 1. The van der Waals surface area contributed by atoms with Crippen LogP contribution in [0.1, 0.15) is 10.7 Å². The van der Waals surface area contributed by atoms with Gasteiger partial charge in [0, 0.05) is 23.2 Å². The Labute approximate surface area is 106 Å². The summed E-state index contributed by atoms with van der Waals surface area (Å²) in [4.78, 5) is 14.2. The molecule has 1 aromatic heterocycles. The number of nitrogens with one attached hydrogen (secondary N) is 1. The Hall–Kier alpha value is -2.02. The van der Waals surface area contributed by atoms with Crippen LogP contribution in [0.5, 0.6) is 0 Å². The van der Waals surface area contributed by atoms with Crippen LogP contribution in [0.3, 0.4) is 0 Å². The van der Waals surface area contributed by atoms with Crippen LogP contribution in [-0.2, 0) is 6.54 Å². The van der Waals surface area contributed by atoms with Gasteiger partial charge in [0.2, 0.25) is 0 Å². The van der Waals surface area contributed by atoms with Gasteiger partial charge in [-0.2, -0.15) is 0 Å². The number of nitro benzene ring substituents is 1. The zero-order valence-corrected chi connectivity index (χ0v) is 10.3. The second-order valence-electron chi connectivity index (χ2n) is 3.66. The van der Waals surface area contributed by atoms with Gasteiger partial charge in [-0.1, -0.05) is 0 Å². The number of nitro groups is 1. The van der Waals surface area contributed by atoms with Gasteiger partial charge in [0.15, 0.2) is 0 Å². The number of hydrogen-bond donors (Lipinski definition) is 1. The van der Waals surface area contributed by atoms with Gasteiger partial charge in [0.05, 0.1) is 17.2 Å². The van der Waals surface area contributed by atoms with Crippen LogP contribution < -0.4 is 5.32 Å². The van der Waals surface area contributed by atoms with E-state index < -0.39 is 10.7 Å². The molecule has 1 aromatic carbocycles. The molecular weight excluding hydrogens is 257 g/mol. The number of halogens is 1. The van der Waals surface area contributed by atoms with Gasteiger partial charge >= 0.3 is 0 Å². The maximum Gasteiger partial charge on any atom is 0.271 e. The van der Waals surface area contributed by atoms with E-state index in [1.54, 1.807) is 0 Å². The molecule has 0 bridgehead atoms. The SMILES string of the molecule is Cc1csc(CNc2cc([N+](=O)[O-])ccc2F)n1. The molecule has 0 unspecified atom stereocenters. The summed E-state index contributed by atoms with van der Waals surface area (Å²) in [7, 11) is 0. The fourth-order valence-electron chi connectivity index (χ4n) is 1.42. The summed E-state index contributed by atoms with van der Waals surface area (Å²) in [5.41, 5.74) is 0.864. The molecule has 0 aliphatic rings. The molecule has 0 saturated carbocycles. The molecule has 0 radical (unpaired) electrons. The second-order valence-corrected chi connectivity index (χ2v) is 4.60. The zero-order valence-electron chi connectivity index (χ0n) is 9.51. The minimum absolute atomic E-state index is 0.108. The lowest BCUT2D eigenvalue weighted by Crippen LogP contribution is -2.02. The lowest BCUT2D eigenvalue weighted by Gasteiger charge is -2.05. The van der Waals surface area contributed by atoms with Crippen LogP contribution in [0.25, 0.3) is 0 Å². The number of rotatable bonds is 4. The summed E-state index contributed by atoms with van der Waals surface area (Å²) in [6.45, 7) is 2.21. The van der Waals surface area contributed by atoms with Crippen LogP contribution in [-0.4, -0.2) is 9.91 Å². The van der Waals surface area contributed by atoms with Crippen molar-refractivity contribution in [3.63, 3.8) is 0 Å². The molecule has 2 aromatic rings. The normalized spacial score (nSPS) is 10.3. The highest BCUT2D eigenvalue weighted by atomic mass is 32.1. The number of thiazole rings is 1. The molecule has 18 heavy (non-hydrogen) atoms. The van der Waals surface area contributed by atoms with Crippen molar-refractivity contribution >= 4 is 22.7 Å². The highest BCUT2D eigenvalue weighted by Crippen LogP contribution is 2.22. The molecular formula is C11H10FN3O2S. The Balaban J connectivity index is 2.13. The summed E-state index contributed by atoms with van der Waals surface area (Å²) >= 11 is 1.46. The predicted octanol–water partition coefficient (Wildman–Crippen LogP) is 3.11. The highest BCUT2D eigenvalue weighted by molar-refractivity contribution is 7.09. The Morgan fingerprint density at radius 2 is 2.33 bits per heavy atom. The fraction of sp³-hybridized carbons (Fsp3) is 0.182. The largest absolute Gasteiger partial charge is 0.376 e. The van der Waals surface area contributed by atoms with Crippen molar-refractivity contribution in [1.82, 2.24) is 4.98 Å². The van der Waals surface area contributed by atoms with E-state index in [4.69, 9.17) is 0 Å². The van der Waals surface area contributed by atoms with Crippen molar-refractivity contribution in [3.05, 3.63) is 50.2 Å². The number of hydrogen-bond acceptors (Lipinski definition) is 5. The summed E-state index contributed by atoms with van der Waals surface area (Å²) in [5, 5.41) is 16.1. The average molecular weight is 267 g/mol. The minimum Gasteiger partial charge on any atom is -0.376 e. The van der Waals surface area contributed by atoms with Gasteiger partial charge < -0.3 is 5.32 Å². The van der Waals surface area contributed by atoms with E-state index in [1.165, 1.54) is 17.4 Å². The van der Waals surface area contributed by atoms with Gasteiger partial charge in [0.25, 0.3) is 5.69 Å². The summed E-state index contributed by atoms with van der Waals surface area (Å²) < 4.78 is 13.4. The number of benzene rings is 1. The number of anilines is 1. The third kappa shape index (κ3) is 2.80. The maximum absolute atomic E-state index is 13.4. The molecule has 2 rings (SSSR count). The van der Waals surface area contributed by atoms with Gasteiger partial charge in [-0.05, 0) is 13.0 Å². The van der Waals surface area contributed by atoms with Gasteiger partial charge in [-0.3, -0.25) is 10.1 Å². The molecule has 0 aliphatic carbocycles. The molecule has 1 heterocycles. The van der Waals surface area contributed by atoms with E-state index in [-0.39, 0.29) is 11.4 Å². The Kier molecular flexibility index (Phi) is 3.52. The predicted molar refractivity (Wildman–Crippen MR) is 67.2 cm³/mol. The van der Waals surface area contributed by atoms with Gasteiger partial charge in [-0.25, -0.2) is 9.37 Å². The number of non-ortho nitro benzene ring substituents is 1. The summed E-state index contributed by atoms with van der Waals surface area (Å²) in [6, 6.07) is 3.39. The van der Waals surface area contributed by atoms with E-state index in [2.05, 4.69) is 10.3 Å². The smallest absolute Gasteiger partial charge is 0.271 e. The Morgan fingerprint density at radius 3 is 2.94 bits per heavy atom. The van der Waals surface area contributed by atoms with Crippen LogP contribution in [0.2, 0.25) is 0 Å². The number of aryl methyl sites for hydroxylation is 1. The van der Waals surface area contributed by atoms with Crippen LogP contribution >= 0.6 is 11.3 Å². The molecule has 0 aliphatic heterocycles. The average Bonchev–Trinajstić information content (AvgIpc) is 2.74. The standard InChI is InChI=1S/C11H10FN3O2S/c1-7-6-18-11(14-7)5-13-10-4-8(15(16)17)2-3-9(10)12/h2-4,6,13H,5H2,1H3. The third-order valence-electron chi connectivity index (χ3n) is 2.26. The molecule has 1 N–H and O–H groups in total. The third-order valence-corrected chi connectivity index (χ3v) is 3.22. The maximum atomic E-state index is 13.4. The Morgan fingerprint density at radius 1 is 1.56 bits per heavy atom. The molecule has 5 nitrogen and oxygen atoms in total.